The number of hydrogen-bond donors (Lipinski definition) is 0. The first-order chi connectivity index (χ1) is 5.65. The van der Waals surface area contributed by atoms with Crippen LogP contribution in [0.5, 0.6) is 0 Å². The molecule has 1 atom stereocenters. The first kappa shape index (κ1) is 8.86. The summed E-state index contributed by atoms with van der Waals surface area (Å²) in [7, 11) is 0. The molecule has 0 aliphatic carbocycles. The molecule has 2 nitrogen and oxygen atoms in total. The van der Waals surface area contributed by atoms with E-state index in [0.717, 1.165) is 6.54 Å². The highest BCUT2D eigenvalue weighted by Crippen LogP contribution is 2.09. The molecule has 1 rings (SSSR count). The van der Waals surface area contributed by atoms with Gasteiger partial charge in [-0.25, -0.2) is 0 Å². The van der Waals surface area contributed by atoms with Crippen LogP contribution in [0, 0.1) is 31.1 Å². The summed E-state index contributed by atoms with van der Waals surface area (Å²) >= 11 is 0. The highest BCUT2D eigenvalue weighted by Gasteiger charge is 2.04. The zero-order chi connectivity index (χ0) is 9.14. The molecule has 0 amide bonds. The zero-order valence-electron chi connectivity index (χ0n) is 7.83. The lowest BCUT2D eigenvalue weighted by molar-refractivity contribution is 0.561. The van der Waals surface area contributed by atoms with E-state index in [1.807, 2.05) is 6.92 Å². The first-order valence-electron chi connectivity index (χ1n) is 4.17. The van der Waals surface area contributed by atoms with Crippen LogP contribution in [-0.4, -0.2) is 4.57 Å². The Morgan fingerprint density at radius 1 is 1.42 bits per heavy atom. The molecular formula is C10H14N2. The molecule has 0 aromatic carbocycles. The molecule has 0 aliphatic rings. The fourth-order valence-corrected chi connectivity index (χ4v) is 1.30. The van der Waals surface area contributed by atoms with E-state index in [1.165, 1.54) is 11.4 Å². The van der Waals surface area contributed by atoms with Gasteiger partial charge in [-0.3, -0.25) is 0 Å². The quantitative estimate of drug-likeness (QED) is 0.655. The summed E-state index contributed by atoms with van der Waals surface area (Å²) in [5, 5.41) is 8.65. The summed E-state index contributed by atoms with van der Waals surface area (Å²) in [5.74, 6) is 0.0924. The summed E-state index contributed by atoms with van der Waals surface area (Å²) in [5.41, 5.74) is 2.46. The molecule has 64 valence electrons. The fraction of sp³-hybridized carbons (Fsp3) is 0.500. The molecule has 1 heterocycles. The molecule has 0 N–H and O–H groups in total. The highest BCUT2D eigenvalue weighted by atomic mass is 15.0. The highest BCUT2D eigenvalue weighted by molar-refractivity contribution is 5.13. The van der Waals surface area contributed by atoms with Gasteiger partial charge in [0, 0.05) is 17.9 Å². The molecule has 2 heteroatoms. The Bertz CT molecular complexity index is 285. The molecule has 0 saturated carbocycles. The summed E-state index contributed by atoms with van der Waals surface area (Å²) in [6.07, 6.45) is 0. The van der Waals surface area contributed by atoms with Gasteiger partial charge in [0.2, 0.25) is 0 Å². The van der Waals surface area contributed by atoms with E-state index in [4.69, 9.17) is 5.26 Å². The monoisotopic (exact) mass is 162 g/mol. The molecule has 0 bridgehead atoms. The lowest BCUT2D eigenvalue weighted by atomic mass is 10.2. The van der Waals surface area contributed by atoms with Crippen molar-refractivity contribution >= 4 is 0 Å². The molecule has 1 unspecified atom stereocenters. The van der Waals surface area contributed by atoms with Gasteiger partial charge >= 0.3 is 0 Å². The van der Waals surface area contributed by atoms with E-state index in [0.29, 0.717) is 0 Å². The summed E-state index contributed by atoms with van der Waals surface area (Å²) in [4.78, 5) is 0. The van der Waals surface area contributed by atoms with E-state index >= 15 is 0 Å². The van der Waals surface area contributed by atoms with Crippen molar-refractivity contribution in [3.63, 3.8) is 0 Å². The van der Waals surface area contributed by atoms with E-state index < -0.39 is 0 Å². The topological polar surface area (TPSA) is 28.7 Å². The Kier molecular flexibility index (Phi) is 2.54. The number of aromatic nitrogens is 1. The Morgan fingerprint density at radius 3 is 2.33 bits per heavy atom. The van der Waals surface area contributed by atoms with Crippen molar-refractivity contribution in [2.45, 2.75) is 27.3 Å². The van der Waals surface area contributed by atoms with E-state index in [2.05, 4.69) is 36.6 Å². The lowest BCUT2D eigenvalue weighted by Gasteiger charge is -2.09. The van der Waals surface area contributed by atoms with Gasteiger partial charge in [-0.15, -0.1) is 0 Å². The average Bonchev–Trinajstić information content (AvgIpc) is 2.35. The van der Waals surface area contributed by atoms with Crippen LogP contribution in [-0.2, 0) is 6.54 Å². The van der Waals surface area contributed by atoms with Crippen LogP contribution in [0.25, 0.3) is 0 Å². The SMILES string of the molecule is Cc1ccc(C)n1CC(C)C#N. The van der Waals surface area contributed by atoms with Crippen LogP contribution in [0.15, 0.2) is 12.1 Å². The van der Waals surface area contributed by atoms with Crippen molar-refractivity contribution in [1.82, 2.24) is 4.57 Å². The molecule has 1 aromatic heterocycles. The minimum atomic E-state index is 0.0924. The Balaban J connectivity index is 2.82. The molecule has 0 spiro atoms. The Morgan fingerprint density at radius 2 is 1.92 bits per heavy atom. The third kappa shape index (κ3) is 1.68. The van der Waals surface area contributed by atoms with Crippen LogP contribution in [0.1, 0.15) is 18.3 Å². The molecule has 1 aromatic rings. The second-order valence-corrected chi connectivity index (χ2v) is 3.26. The van der Waals surface area contributed by atoms with Crippen molar-refractivity contribution < 1.29 is 0 Å². The van der Waals surface area contributed by atoms with E-state index in [1.54, 1.807) is 0 Å². The van der Waals surface area contributed by atoms with Crippen LogP contribution in [0.3, 0.4) is 0 Å². The standard InChI is InChI=1S/C10H14N2/c1-8(6-11)7-12-9(2)4-5-10(12)3/h4-5,8H,7H2,1-3H3. The molecular weight excluding hydrogens is 148 g/mol. The van der Waals surface area contributed by atoms with Crippen molar-refractivity contribution in [3.8, 4) is 6.07 Å². The zero-order valence-corrected chi connectivity index (χ0v) is 7.83. The second kappa shape index (κ2) is 3.44. The predicted molar refractivity (Wildman–Crippen MR) is 48.7 cm³/mol. The molecule has 0 radical (unpaired) electrons. The van der Waals surface area contributed by atoms with Crippen LogP contribution >= 0.6 is 0 Å². The van der Waals surface area contributed by atoms with Gasteiger partial charge in [0.25, 0.3) is 0 Å². The normalized spacial score (nSPS) is 12.5. The molecule has 0 fully saturated rings. The van der Waals surface area contributed by atoms with E-state index in [9.17, 15) is 0 Å². The maximum Gasteiger partial charge on any atom is 0.0671 e. The minimum absolute atomic E-state index is 0.0924. The second-order valence-electron chi connectivity index (χ2n) is 3.26. The van der Waals surface area contributed by atoms with Crippen molar-refractivity contribution in [3.05, 3.63) is 23.5 Å². The largest absolute Gasteiger partial charge is 0.348 e. The maximum absolute atomic E-state index is 8.65. The van der Waals surface area contributed by atoms with Gasteiger partial charge in [-0.1, -0.05) is 0 Å². The summed E-state index contributed by atoms with van der Waals surface area (Å²) in [6.45, 7) is 6.88. The molecule has 0 aliphatic heterocycles. The number of hydrogen-bond acceptors (Lipinski definition) is 1. The molecule has 12 heavy (non-hydrogen) atoms. The van der Waals surface area contributed by atoms with Crippen molar-refractivity contribution in [2.24, 2.45) is 5.92 Å². The number of nitrogens with zero attached hydrogens (tertiary/aromatic N) is 2. The van der Waals surface area contributed by atoms with Crippen LogP contribution in [0.2, 0.25) is 0 Å². The molecule has 0 saturated heterocycles. The minimum Gasteiger partial charge on any atom is -0.348 e. The van der Waals surface area contributed by atoms with Gasteiger partial charge in [-0.2, -0.15) is 5.26 Å². The number of rotatable bonds is 2. The fourth-order valence-electron chi connectivity index (χ4n) is 1.30. The third-order valence-electron chi connectivity index (χ3n) is 2.09. The number of aryl methyl sites for hydroxylation is 2. The Labute approximate surface area is 73.4 Å². The smallest absolute Gasteiger partial charge is 0.0671 e. The van der Waals surface area contributed by atoms with Crippen molar-refractivity contribution in [2.75, 3.05) is 0 Å². The first-order valence-corrected chi connectivity index (χ1v) is 4.17. The predicted octanol–water partition coefficient (Wildman–Crippen LogP) is 2.26. The lowest BCUT2D eigenvalue weighted by Crippen LogP contribution is -2.08. The van der Waals surface area contributed by atoms with Gasteiger partial charge < -0.3 is 4.57 Å². The van der Waals surface area contributed by atoms with Crippen molar-refractivity contribution in [1.29, 1.82) is 5.26 Å². The summed E-state index contributed by atoms with van der Waals surface area (Å²) < 4.78 is 2.17. The van der Waals surface area contributed by atoms with Gasteiger partial charge in [0.15, 0.2) is 0 Å². The maximum atomic E-state index is 8.65. The van der Waals surface area contributed by atoms with Gasteiger partial charge in [-0.05, 0) is 32.9 Å². The van der Waals surface area contributed by atoms with Gasteiger partial charge in [0.1, 0.15) is 0 Å². The number of nitriles is 1. The van der Waals surface area contributed by atoms with Crippen LogP contribution < -0.4 is 0 Å². The third-order valence-corrected chi connectivity index (χ3v) is 2.09. The Hall–Kier alpha value is -1.23. The van der Waals surface area contributed by atoms with E-state index in [-0.39, 0.29) is 5.92 Å². The van der Waals surface area contributed by atoms with Crippen LogP contribution in [0.4, 0.5) is 0 Å². The average molecular weight is 162 g/mol. The van der Waals surface area contributed by atoms with Gasteiger partial charge in [0.05, 0.1) is 12.0 Å². The summed E-state index contributed by atoms with van der Waals surface area (Å²) in [6, 6.07) is 6.40.